The van der Waals surface area contributed by atoms with Gasteiger partial charge in [0.05, 0.1) is 13.0 Å². The third kappa shape index (κ3) is 3.93. The molecule has 1 aliphatic rings. The summed E-state index contributed by atoms with van der Waals surface area (Å²) in [6, 6.07) is 4.58. The van der Waals surface area contributed by atoms with E-state index in [0.717, 1.165) is 19.5 Å². The zero-order valence-electron chi connectivity index (χ0n) is 11.1. The Morgan fingerprint density at radius 2 is 2.35 bits per heavy atom. The van der Waals surface area contributed by atoms with Crippen molar-refractivity contribution in [3.8, 4) is 5.75 Å². The lowest BCUT2D eigenvalue weighted by Gasteiger charge is -2.16. The molecule has 6 heteroatoms. The summed E-state index contributed by atoms with van der Waals surface area (Å²) in [7, 11) is 0. The van der Waals surface area contributed by atoms with Crippen molar-refractivity contribution in [1.29, 1.82) is 0 Å². The average molecular weight is 345 g/mol. The number of rotatable bonds is 5. The topological polar surface area (TPSA) is 55.6 Å². The summed E-state index contributed by atoms with van der Waals surface area (Å²) in [5.41, 5.74) is 5.59. The molecule has 1 aromatic carbocycles. The van der Waals surface area contributed by atoms with E-state index in [2.05, 4.69) is 15.9 Å². The largest absolute Gasteiger partial charge is 0.490 e. The van der Waals surface area contributed by atoms with Gasteiger partial charge < -0.3 is 15.4 Å². The molecule has 1 amide bonds. The Bertz CT molecular complexity index is 484. The summed E-state index contributed by atoms with van der Waals surface area (Å²) in [6.07, 6.45) is 1.22. The Morgan fingerprint density at radius 1 is 1.55 bits per heavy atom. The number of nitrogens with zero attached hydrogens (tertiary/aromatic N) is 1. The van der Waals surface area contributed by atoms with Gasteiger partial charge in [-0.1, -0.05) is 15.9 Å². The minimum atomic E-state index is -0.434. The van der Waals surface area contributed by atoms with E-state index in [-0.39, 0.29) is 24.7 Å². The van der Waals surface area contributed by atoms with E-state index in [1.165, 1.54) is 6.07 Å². The van der Waals surface area contributed by atoms with Gasteiger partial charge in [-0.2, -0.15) is 0 Å². The van der Waals surface area contributed by atoms with Crippen molar-refractivity contribution < 1.29 is 13.9 Å². The van der Waals surface area contributed by atoms with Gasteiger partial charge in [0.2, 0.25) is 5.91 Å². The highest BCUT2D eigenvalue weighted by atomic mass is 79.9. The number of ether oxygens (including phenoxy) is 1. The molecule has 110 valence electrons. The molecule has 0 radical (unpaired) electrons. The minimum Gasteiger partial charge on any atom is -0.490 e. The lowest BCUT2D eigenvalue weighted by atomic mass is 10.1. The average Bonchev–Trinajstić information content (AvgIpc) is 2.90. The third-order valence-electron chi connectivity index (χ3n) is 3.44. The van der Waals surface area contributed by atoms with Crippen molar-refractivity contribution in [2.75, 3.05) is 26.2 Å². The molecule has 1 heterocycles. The van der Waals surface area contributed by atoms with Gasteiger partial charge >= 0.3 is 0 Å². The molecule has 2 rings (SSSR count). The van der Waals surface area contributed by atoms with E-state index in [9.17, 15) is 9.18 Å². The van der Waals surface area contributed by atoms with Crippen LogP contribution in [0.4, 0.5) is 4.39 Å². The molecule has 1 saturated heterocycles. The first-order valence-electron chi connectivity index (χ1n) is 6.66. The van der Waals surface area contributed by atoms with E-state index >= 15 is 0 Å². The number of carbonyl (C=O) groups is 1. The highest BCUT2D eigenvalue weighted by molar-refractivity contribution is 9.10. The number of hydrogen-bond acceptors (Lipinski definition) is 3. The highest BCUT2D eigenvalue weighted by Gasteiger charge is 2.24. The fourth-order valence-corrected chi connectivity index (χ4v) is 2.58. The number of likely N-dealkylation sites (tertiary alicyclic amines) is 1. The van der Waals surface area contributed by atoms with Crippen molar-refractivity contribution >= 4 is 21.8 Å². The van der Waals surface area contributed by atoms with Crippen molar-refractivity contribution in [3.63, 3.8) is 0 Å². The second kappa shape index (κ2) is 7.04. The van der Waals surface area contributed by atoms with Gasteiger partial charge in [-0.25, -0.2) is 4.39 Å². The fraction of sp³-hybridized carbons (Fsp3) is 0.500. The van der Waals surface area contributed by atoms with Crippen LogP contribution in [0.3, 0.4) is 0 Å². The molecule has 2 N–H and O–H groups in total. The standard InChI is InChI=1S/C14H18BrFN2O2/c15-11-1-2-13(12(16)7-11)20-6-4-14(19)18-5-3-10(8-17)9-18/h1-2,7,10H,3-6,8-9,17H2/t10-/m0/s1. The number of carbonyl (C=O) groups excluding carboxylic acids is 1. The molecule has 1 atom stereocenters. The van der Waals surface area contributed by atoms with Crippen molar-refractivity contribution in [2.45, 2.75) is 12.8 Å². The Kier molecular flexibility index (Phi) is 5.37. The molecule has 0 bridgehead atoms. The molecule has 1 aliphatic heterocycles. The zero-order valence-corrected chi connectivity index (χ0v) is 12.7. The van der Waals surface area contributed by atoms with E-state index in [0.29, 0.717) is 16.9 Å². The molecule has 20 heavy (non-hydrogen) atoms. The van der Waals surface area contributed by atoms with E-state index < -0.39 is 5.82 Å². The Balaban J connectivity index is 1.77. The van der Waals surface area contributed by atoms with Crippen LogP contribution in [-0.2, 0) is 4.79 Å². The zero-order chi connectivity index (χ0) is 14.5. The van der Waals surface area contributed by atoms with Gasteiger partial charge in [-0.05, 0) is 37.1 Å². The molecule has 0 aromatic heterocycles. The van der Waals surface area contributed by atoms with Crippen LogP contribution in [0, 0.1) is 11.7 Å². The molecule has 0 aliphatic carbocycles. The van der Waals surface area contributed by atoms with Gasteiger partial charge in [0.1, 0.15) is 0 Å². The molecule has 0 saturated carbocycles. The van der Waals surface area contributed by atoms with Gasteiger partial charge in [0, 0.05) is 17.6 Å². The van der Waals surface area contributed by atoms with Crippen LogP contribution in [0.5, 0.6) is 5.75 Å². The van der Waals surface area contributed by atoms with Gasteiger partial charge in [-0.15, -0.1) is 0 Å². The van der Waals surface area contributed by atoms with Crippen LogP contribution >= 0.6 is 15.9 Å². The number of halogens is 2. The Hall–Kier alpha value is -1.14. The molecular formula is C14H18BrFN2O2. The summed E-state index contributed by atoms with van der Waals surface area (Å²) >= 11 is 3.18. The fourth-order valence-electron chi connectivity index (χ4n) is 2.25. The monoisotopic (exact) mass is 344 g/mol. The van der Waals surface area contributed by atoms with Crippen LogP contribution in [-0.4, -0.2) is 37.0 Å². The first-order valence-corrected chi connectivity index (χ1v) is 7.45. The van der Waals surface area contributed by atoms with Crippen molar-refractivity contribution in [2.24, 2.45) is 11.7 Å². The summed E-state index contributed by atoms with van der Waals surface area (Å²) in [6.45, 7) is 2.28. The first kappa shape index (κ1) is 15.3. The van der Waals surface area contributed by atoms with Crippen LogP contribution in [0.2, 0.25) is 0 Å². The second-order valence-electron chi connectivity index (χ2n) is 4.90. The Labute approximate surface area is 126 Å². The molecular weight excluding hydrogens is 327 g/mol. The maximum atomic E-state index is 13.5. The van der Waals surface area contributed by atoms with Gasteiger partial charge in [-0.3, -0.25) is 4.79 Å². The summed E-state index contributed by atoms with van der Waals surface area (Å²) in [4.78, 5) is 13.7. The van der Waals surface area contributed by atoms with Gasteiger partial charge in [0.25, 0.3) is 0 Å². The van der Waals surface area contributed by atoms with E-state index in [1.807, 2.05) is 0 Å². The molecule has 1 fully saturated rings. The predicted molar refractivity (Wildman–Crippen MR) is 78.0 cm³/mol. The maximum Gasteiger partial charge on any atom is 0.226 e. The molecule has 0 unspecified atom stereocenters. The summed E-state index contributed by atoms with van der Waals surface area (Å²) < 4.78 is 19.5. The van der Waals surface area contributed by atoms with Crippen molar-refractivity contribution in [3.05, 3.63) is 28.5 Å². The van der Waals surface area contributed by atoms with E-state index in [1.54, 1.807) is 17.0 Å². The normalized spacial score (nSPS) is 18.4. The quantitative estimate of drug-likeness (QED) is 0.890. The number of benzene rings is 1. The summed E-state index contributed by atoms with van der Waals surface area (Å²) in [5, 5.41) is 0. The highest BCUT2D eigenvalue weighted by Crippen LogP contribution is 2.22. The minimum absolute atomic E-state index is 0.0402. The third-order valence-corrected chi connectivity index (χ3v) is 3.93. The van der Waals surface area contributed by atoms with Crippen molar-refractivity contribution in [1.82, 2.24) is 4.90 Å². The SMILES string of the molecule is NC[C@@H]1CCN(C(=O)CCOc2ccc(Br)cc2F)C1. The molecule has 4 nitrogen and oxygen atoms in total. The molecule has 1 aromatic rings. The van der Waals surface area contributed by atoms with Gasteiger partial charge in [0.15, 0.2) is 11.6 Å². The predicted octanol–water partition coefficient (Wildman–Crippen LogP) is 2.16. The Morgan fingerprint density at radius 3 is 3.00 bits per heavy atom. The van der Waals surface area contributed by atoms with Crippen LogP contribution in [0.15, 0.2) is 22.7 Å². The maximum absolute atomic E-state index is 13.5. The van der Waals surface area contributed by atoms with Crippen LogP contribution < -0.4 is 10.5 Å². The van der Waals surface area contributed by atoms with Crippen LogP contribution in [0.1, 0.15) is 12.8 Å². The van der Waals surface area contributed by atoms with Crippen LogP contribution in [0.25, 0.3) is 0 Å². The summed E-state index contributed by atoms with van der Waals surface area (Å²) in [5.74, 6) is 0.181. The molecule has 0 spiro atoms. The number of nitrogens with two attached hydrogens (primary N) is 1. The lowest BCUT2D eigenvalue weighted by Crippen LogP contribution is -2.30. The lowest BCUT2D eigenvalue weighted by molar-refractivity contribution is -0.130. The smallest absolute Gasteiger partial charge is 0.226 e. The van der Waals surface area contributed by atoms with E-state index in [4.69, 9.17) is 10.5 Å². The number of hydrogen-bond donors (Lipinski definition) is 1. The first-order chi connectivity index (χ1) is 9.60. The second-order valence-corrected chi connectivity index (χ2v) is 5.82. The number of amides is 1.